The molecule has 1 N–H and O–H groups in total. The number of halogens is 5. The van der Waals surface area contributed by atoms with Gasteiger partial charge in [-0.3, -0.25) is 14.4 Å². The zero-order chi connectivity index (χ0) is 29.3. The number of carbonyl (C=O) groups excluding carboxylic acids is 3. The molecule has 0 fully saturated rings. The lowest BCUT2D eigenvalue weighted by Crippen LogP contribution is -2.53. The Morgan fingerprint density at radius 1 is 0.974 bits per heavy atom. The largest absolute Gasteiger partial charge is 0.418 e. The van der Waals surface area contributed by atoms with Crippen molar-refractivity contribution in [2.24, 2.45) is 11.3 Å². The minimum absolute atomic E-state index is 0.0561. The van der Waals surface area contributed by atoms with Gasteiger partial charge in [0, 0.05) is 0 Å². The number of rotatable bonds is 13. The molecular formula is C27H31F5N2O5. The van der Waals surface area contributed by atoms with Gasteiger partial charge in [0.1, 0.15) is 12.6 Å². The van der Waals surface area contributed by atoms with Gasteiger partial charge in [0.15, 0.2) is 0 Å². The highest BCUT2D eigenvalue weighted by Gasteiger charge is 2.38. The standard InChI is InChI=1S/C27H31F5N2O5/c1-5-6-12-17(13-34(15-35)38-14-16-10-8-7-9-11-16)25(36)33-24(27(2,3)4)26(37)39-23-21(31)19(29)18(28)20(30)22(23)32/h7-11,15,17,24H,5-6,12-14H2,1-4H3,(H,33,36). The smallest absolute Gasteiger partial charge is 0.334 e. The second-order valence-electron chi connectivity index (χ2n) is 9.93. The van der Waals surface area contributed by atoms with Crippen LogP contribution in [-0.2, 0) is 25.8 Å². The predicted octanol–water partition coefficient (Wildman–Crippen LogP) is 5.22. The molecule has 0 bridgehead atoms. The maximum atomic E-state index is 14.1. The summed E-state index contributed by atoms with van der Waals surface area (Å²) in [5, 5.41) is 3.40. The van der Waals surface area contributed by atoms with E-state index in [9.17, 15) is 36.3 Å². The van der Waals surface area contributed by atoms with Crippen LogP contribution in [0.1, 0.15) is 52.5 Å². The summed E-state index contributed by atoms with van der Waals surface area (Å²) in [5.74, 6) is -16.4. The van der Waals surface area contributed by atoms with Crippen LogP contribution >= 0.6 is 0 Å². The lowest BCUT2D eigenvalue weighted by molar-refractivity contribution is -0.182. The van der Waals surface area contributed by atoms with E-state index in [0.717, 1.165) is 10.6 Å². The van der Waals surface area contributed by atoms with Gasteiger partial charge in [-0.25, -0.2) is 23.0 Å². The third-order valence-corrected chi connectivity index (χ3v) is 5.80. The first kappa shape index (κ1) is 31.7. The average molecular weight is 559 g/mol. The highest BCUT2D eigenvalue weighted by atomic mass is 19.2. The van der Waals surface area contributed by atoms with Gasteiger partial charge in [-0.05, 0) is 17.4 Å². The van der Waals surface area contributed by atoms with Gasteiger partial charge in [-0.15, -0.1) is 0 Å². The second-order valence-corrected chi connectivity index (χ2v) is 9.93. The van der Waals surface area contributed by atoms with Gasteiger partial charge in [0.25, 0.3) is 0 Å². The van der Waals surface area contributed by atoms with Gasteiger partial charge >= 0.3 is 5.97 Å². The van der Waals surface area contributed by atoms with Gasteiger partial charge in [0.05, 0.1) is 12.5 Å². The molecule has 0 radical (unpaired) electrons. The second kappa shape index (κ2) is 14.0. The minimum atomic E-state index is -2.40. The number of amides is 2. The van der Waals surface area contributed by atoms with Crippen molar-refractivity contribution in [3.05, 3.63) is 65.0 Å². The van der Waals surface area contributed by atoms with E-state index in [2.05, 4.69) is 10.1 Å². The van der Waals surface area contributed by atoms with Crippen LogP contribution in [0.25, 0.3) is 0 Å². The molecule has 2 unspecified atom stereocenters. The van der Waals surface area contributed by atoms with E-state index in [1.807, 2.05) is 13.0 Å². The van der Waals surface area contributed by atoms with E-state index in [4.69, 9.17) is 4.84 Å². The van der Waals surface area contributed by atoms with E-state index in [0.29, 0.717) is 25.7 Å². The molecule has 0 aliphatic heterocycles. The molecule has 39 heavy (non-hydrogen) atoms. The molecule has 2 aromatic carbocycles. The summed E-state index contributed by atoms with van der Waals surface area (Å²) < 4.78 is 73.3. The zero-order valence-electron chi connectivity index (χ0n) is 22.0. The van der Waals surface area contributed by atoms with Crippen molar-refractivity contribution >= 4 is 18.3 Å². The van der Waals surface area contributed by atoms with Gasteiger partial charge in [-0.2, -0.15) is 8.78 Å². The molecule has 214 valence electrons. The number of hydrogen-bond donors (Lipinski definition) is 1. The highest BCUT2D eigenvalue weighted by Crippen LogP contribution is 2.31. The van der Waals surface area contributed by atoms with Crippen molar-refractivity contribution in [1.82, 2.24) is 10.4 Å². The summed E-state index contributed by atoms with van der Waals surface area (Å²) >= 11 is 0. The first-order chi connectivity index (χ1) is 18.3. The molecule has 0 spiro atoms. The van der Waals surface area contributed by atoms with E-state index < -0.39 is 64.1 Å². The topological polar surface area (TPSA) is 84.9 Å². The van der Waals surface area contributed by atoms with E-state index in [1.165, 1.54) is 20.8 Å². The average Bonchev–Trinajstić information content (AvgIpc) is 2.91. The summed E-state index contributed by atoms with van der Waals surface area (Å²) in [6, 6.07) is 7.41. The number of hydroxylamine groups is 2. The summed E-state index contributed by atoms with van der Waals surface area (Å²) in [6.07, 6.45) is 2.00. The first-order valence-electron chi connectivity index (χ1n) is 12.2. The summed E-state index contributed by atoms with van der Waals surface area (Å²) in [5.41, 5.74) is -0.331. The fourth-order valence-electron chi connectivity index (χ4n) is 3.55. The Morgan fingerprint density at radius 2 is 1.54 bits per heavy atom. The van der Waals surface area contributed by atoms with Crippen molar-refractivity contribution in [1.29, 1.82) is 0 Å². The number of nitrogens with one attached hydrogen (secondary N) is 1. The fourth-order valence-corrected chi connectivity index (χ4v) is 3.55. The van der Waals surface area contributed by atoms with Crippen LogP contribution in [0.3, 0.4) is 0 Å². The van der Waals surface area contributed by atoms with Crippen LogP contribution in [0.4, 0.5) is 22.0 Å². The van der Waals surface area contributed by atoms with Gasteiger partial charge < -0.3 is 10.1 Å². The zero-order valence-corrected chi connectivity index (χ0v) is 22.0. The Balaban J connectivity index is 2.23. The van der Waals surface area contributed by atoms with E-state index in [1.54, 1.807) is 24.3 Å². The Labute approximate surface area is 223 Å². The van der Waals surface area contributed by atoms with Gasteiger partial charge in [-0.1, -0.05) is 70.9 Å². The molecular weight excluding hydrogens is 527 g/mol. The maximum absolute atomic E-state index is 14.1. The van der Waals surface area contributed by atoms with Crippen LogP contribution in [-0.4, -0.2) is 35.9 Å². The van der Waals surface area contributed by atoms with Gasteiger partial charge in [0.2, 0.25) is 47.2 Å². The van der Waals surface area contributed by atoms with Crippen LogP contribution in [0.2, 0.25) is 0 Å². The number of nitrogens with zero attached hydrogens (tertiary/aromatic N) is 1. The molecule has 2 atom stereocenters. The number of hydrogen-bond acceptors (Lipinski definition) is 5. The number of ether oxygens (including phenoxy) is 1. The van der Waals surface area contributed by atoms with Crippen LogP contribution in [0, 0.1) is 40.4 Å². The predicted molar refractivity (Wildman–Crippen MR) is 130 cm³/mol. The third kappa shape index (κ3) is 8.47. The number of carbonyl (C=O) groups is 3. The Morgan fingerprint density at radius 3 is 2.05 bits per heavy atom. The third-order valence-electron chi connectivity index (χ3n) is 5.80. The molecule has 0 aliphatic carbocycles. The normalized spacial score (nSPS) is 12.9. The molecule has 0 aromatic heterocycles. The number of esters is 1. The maximum Gasteiger partial charge on any atom is 0.334 e. The summed E-state index contributed by atoms with van der Waals surface area (Å²) in [4.78, 5) is 43.3. The van der Waals surface area contributed by atoms with Crippen LogP contribution in [0.15, 0.2) is 30.3 Å². The van der Waals surface area contributed by atoms with Crippen molar-refractivity contribution in [3.63, 3.8) is 0 Å². The number of unbranched alkanes of at least 4 members (excludes halogenated alkanes) is 1. The van der Waals surface area contributed by atoms with Crippen LogP contribution < -0.4 is 10.1 Å². The first-order valence-corrected chi connectivity index (χ1v) is 12.2. The highest BCUT2D eigenvalue weighted by molar-refractivity contribution is 5.87. The molecule has 0 heterocycles. The lowest BCUT2D eigenvalue weighted by atomic mass is 9.86. The lowest BCUT2D eigenvalue weighted by Gasteiger charge is -2.31. The molecule has 0 aliphatic rings. The molecule has 2 rings (SSSR count). The summed E-state index contributed by atoms with van der Waals surface area (Å²) in [7, 11) is 0. The Hall–Kier alpha value is -3.54. The molecule has 7 nitrogen and oxygen atoms in total. The SMILES string of the molecule is CCCCC(CN(C=O)OCc1ccccc1)C(=O)NC(C(=O)Oc1c(F)c(F)c(F)c(F)c1F)C(C)(C)C. The minimum Gasteiger partial charge on any atom is -0.418 e. The van der Waals surface area contributed by atoms with Crippen LogP contribution in [0.5, 0.6) is 5.75 Å². The Kier molecular flexibility index (Phi) is 11.4. The van der Waals surface area contributed by atoms with Crippen molar-refractivity contribution in [2.75, 3.05) is 6.54 Å². The fraction of sp³-hybridized carbons (Fsp3) is 0.444. The van der Waals surface area contributed by atoms with E-state index >= 15 is 0 Å². The molecule has 2 amide bonds. The Bertz CT molecular complexity index is 1130. The molecule has 0 saturated heterocycles. The molecule has 12 heteroatoms. The quantitative estimate of drug-likeness (QED) is 0.0694. The summed E-state index contributed by atoms with van der Waals surface area (Å²) in [6.45, 7) is 6.27. The molecule has 2 aromatic rings. The van der Waals surface area contributed by atoms with Crippen molar-refractivity contribution in [2.45, 2.75) is 59.6 Å². The number of benzene rings is 2. The monoisotopic (exact) mass is 558 g/mol. The van der Waals surface area contributed by atoms with Crippen molar-refractivity contribution in [3.8, 4) is 5.75 Å². The van der Waals surface area contributed by atoms with E-state index in [-0.39, 0.29) is 13.2 Å². The molecule has 0 saturated carbocycles. The van der Waals surface area contributed by atoms with Crippen molar-refractivity contribution < 1.29 is 45.9 Å².